The van der Waals surface area contributed by atoms with E-state index in [1.54, 1.807) is 18.2 Å². The second-order valence-electron chi connectivity index (χ2n) is 4.07. The van der Waals surface area contributed by atoms with Crippen LogP contribution in [0.15, 0.2) is 24.3 Å². The third-order valence-corrected chi connectivity index (χ3v) is 2.99. The van der Waals surface area contributed by atoms with Gasteiger partial charge < -0.3 is 4.74 Å². The molecule has 116 valence electrons. The van der Waals surface area contributed by atoms with E-state index in [4.69, 9.17) is 16.3 Å². The summed E-state index contributed by atoms with van der Waals surface area (Å²) in [4.78, 5) is 4.17. The summed E-state index contributed by atoms with van der Waals surface area (Å²) in [7, 11) is 1.46. The second-order valence-corrected chi connectivity index (χ2v) is 4.47. The van der Waals surface area contributed by atoms with Crippen molar-refractivity contribution in [3.63, 3.8) is 0 Å². The van der Waals surface area contributed by atoms with E-state index in [1.807, 2.05) is 13.8 Å². The average Bonchev–Trinajstić information content (AvgIpc) is 2.46. The molecular weight excluding hydrogens is 303 g/mol. The number of hydrogen-bond acceptors (Lipinski definition) is 2. The maximum Gasteiger partial charge on any atom is 0.389 e. The summed E-state index contributed by atoms with van der Waals surface area (Å²) in [5.41, 5.74) is 0.774. The van der Waals surface area contributed by atoms with Crippen molar-refractivity contribution in [2.75, 3.05) is 7.11 Å². The van der Waals surface area contributed by atoms with Crippen LogP contribution in [-0.2, 0) is 6.42 Å². The van der Waals surface area contributed by atoms with Gasteiger partial charge in [0.1, 0.15) is 5.75 Å². The molecule has 21 heavy (non-hydrogen) atoms. The number of halogens is 4. The minimum Gasteiger partial charge on any atom is -0.496 e. The lowest BCUT2D eigenvalue weighted by Gasteiger charge is -2.10. The fraction of sp³-hybridized carbons (Fsp3) is 0.400. The van der Waals surface area contributed by atoms with E-state index in [9.17, 15) is 13.2 Å². The van der Waals surface area contributed by atoms with Crippen molar-refractivity contribution in [1.29, 1.82) is 0 Å². The Balaban J connectivity index is 0.00000106. The highest BCUT2D eigenvalue weighted by molar-refractivity contribution is 6.35. The van der Waals surface area contributed by atoms with Crippen molar-refractivity contribution in [3.05, 3.63) is 35.0 Å². The van der Waals surface area contributed by atoms with Gasteiger partial charge in [-0.05, 0) is 18.6 Å². The van der Waals surface area contributed by atoms with Crippen molar-refractivity contribution < 1.29 is 17.9 Å². The Morgan fingerprint density at radius 1 is 1.24 bits per heavy atom. The molecule has 0 atom stereocenters. The number of methoxy groups -OCH3 is 1. The first kappa shape index (κ1) is 17.6. The maximum absolute atomic E-state index is 12.2. The van der Waals surface area contributed by atoms with Gasteiger partial charge in [0.05, 0.1) is 17.6 Å². The van der Waals surface area contributed by atoms with Crippen LogP contribution in [0.4, 0.5) is 13.2 Å². The number of fused-ring (bicyclic) bond motifs is 1. The molecular formula is C15H17ClF3NO. The standard InChI is InChI=1S/C13H11ClF3NO.C2H6/c1-19-11-7-8(5-6-13(15,16)17)18-12-9(11)3-2-4-10(12)14;1-2/h2-4,7H,5-6H2,1H3;1-2H3. The van der Waals surface area contributed by atoms with Crippen molar-refractivity contribution in [1.82, 2.24) is 4.98 Å². The Labute approximate surface area is 126 Å². The van der Waals surface area contributed by atoms with Gasteiger partial charge in [0, 0.05) is 23.6 Å². The van der Waals surface area contributed by atoms with E-state index in [1.165, 1.54) is 13.2 Å². The van der Waals surface area contributed by atoms with E-state index in [0.29, 0.717) is 27.4 Å². The van der Waals surface area contributed by atoms with Crippen molar-refractivity contribution >= 4 is 22.5 Å². The number of para-hydroxylation sites is 1. The summed E-state index contributed by atoms with van der Waals surface area (Å²) in [6, 6.07) is 6.67. The minimum atomic E-state index is -4.20. The van der Waals surface area contributed by atoms with Gasteiger partial charge >= 0.3 is 6.18 Å². The molecule has 0 aliphatic heterocycles. The summed E-state index contributed by atoms with van der Waals surface area (Å²) in [6.07, 6.45) is -5.31. The van der Waals surface area contributed by atoms with Gasteiger partial charge in [0.15, 0.2) is 0 Å². The highest BCUT2D eigenvalue weighted by atomic mass is 35.5. The zero-order valence-corrected chi connectivity index (χ0v) is 12.8. The molecule has 0 spiro atoms. The summed E-state index contributed by atoms with van der Waals surface area (Å²) >= 11 is 6.01. The molecule has 0 bridgehead atoms. The molecule has 0 radical (unpaired) electrons. The van der Waals surface area contributed by atoms with Crippen LogP contribution in [0.2, 0.25) is 5.02 Å². The molecule has 1 aromatic carbocycles. The fourth-order valence-electron chi connectivity index (χ4n) is 1.80. The predicted octanol–water partition coefficient (Wildman–Crippen LogP) is 5.42. The smallest absolute Gasteiger partial charge is 0.389 e. The summed E-state index contributed by atoms with van der Waals surface area (Å²) in [5.74, 6) is 0.477. The lowest BCUT2D eigenvalue weighted by molar-refractivity contribution is -0.134. The van der Waals surface area contributed by atoms with Crippen LogP contribution >= 0.6 is 11.6 Å². The zero-order valence-electron chi connectivity index (χ0n) is 12.1. The first-order chi connectivity index (χ1) is 9.90. The van der Waals surface area contributed by atoms with Crippen LogP contribution in [0.25, 0.3) is 10.9 Å². The molecule has 2 rings (SSSR count). The van der Waals surface area contributed by atoms with Crippen LogP contribution in [0.1, 0.15) is 26.0 Å². The number of benzene rings is 1. The number of aromatic nitrogens is 1. The number of nitrogens with zero attached hydrogens (tertiary/aromatic N) is 1. The van der Waals surface area contributed by atoms with Gasteiger partial charge in [-0.15, -0.1) is 0 Å². The summed E-state index contributed by atoms with van der Waals surface area (Å²) < 4.78 is 41.9. The summed E-state index contributed by atoms with van der Waals surface area (Å²) in [5, 5.41) is 1.08. The van der Waals surface area contributed by atoms with E-state index < -0.39 is 12.6 Å². The third kappa shape index (κ3) is 4.77. The molecule has 0 aliphatic rings. The van der Waals surface area contributed by atoms with Gasteiger partial charge in [-0.25, -0.2) is 0 Å². The van der Waals surface area contributed by atoms with Crippen molar-refractivity contribution in [3.8, 4) is 5.75 Å². The van der Waals surface area contributed by atoms with Gasteiger partial charge in [-0.3, -0.25) is 4.98 Å². The Kier molecular flexibility index (Phi) is 6.27. The molecule has 0 amide bonds. The normalized spacial score (nSPS) is 11.0. The average molecular weight is 320 g/mol. The van der Waals surface area contributed by atoms with Gasteiger partial charge in [0.25, 0.3) is 0 Å². The van der Waals surface area contributed by atoms with Gasteiger partial charge in [-0.1, -0.05) is 31.5 Å². The fourth-order valence-corrected chi connectivity index (χ4v) is 2.02. The highest BCUT2D eigenvalue weighted by Gasteiger charge is 2.27. The minimum absolute atomic E-state index is 0.193. The third-order valence-electron chi connectivity index (χ3n) is 2.69. The molecule has 6 heteroatoms. The maximum atomic E-state index is 12.2. The molecule has 2 aromatic rings. The van der Waals surface area contributed by atoms with E-state index in [2.05, 4.69) is 4.98 Å². The second kappa shape index (κ2) is 7.50. The van der Waals surface area contributed by atoms with Crippen LogP contribution in [0.5, 0.6) is 5.75 Å². The summed E-state index contributed by atoms with van der Waals surface area (Å²) in [6.45, 7) is 4.00. The molecule has 0 saturated carbocycles. The Morgan fingerprint density at radius 2 is 1.90 bits per heavy atom. The first-order valence-electron chi connectivity index (χ1n) is 6.59. The monoisotopic (exact) mass is 319 g/mol. The highest BCUT2D eigenvalue weighted by Crippen LogP contribution is 2.31. The first-order valence-corrected chi connectivity index (χ1v) is 6.97. The molecule has 0 aliphatic carbocycles. The van der Waals surface area contributed by atoms with Crippen LogP contribution in [0.3, 0.4) is 0 Å². The predicted molar refractivity (Wildman–Crippen MR) is 79.0 cm³/mol. The Morgan fingerprint density at radius 3 is 2.48 bits per heavy atom. The molecule has 0 unspecified atom stereocenters. The number of alkyl halides is 3. The molecule has 1 heterocycles. The lowest BCUT2D eigenvalue weighted by Crippen LogP contribution is -2.09. The van der Waals surface area contributed by atoms with Gasteiger partial charge in [0.2, 0.25) is 0 Å². The number of aryl methyl sites for hydroxylation is 1. The topological polar surface area (TPSA) is 22.1 Å². The van der Waals surface area contributed by atoms with E-state index in [0.717, 1.165) is 0 Å². The number of hydrogen-bond donors (Lipinski definition) is 0. The number of rotatable bonds is 3. The van der Waals surface area contributed by atoms with Gasteiger partial charge in [-0.2, -0.15) is 13.2 Å². The number of pyridine rings is 1. The van der Waals surface area contributed by atoms with Crippen molar-refractivity contribution in [2.45, 2.75) is 32.9 Å². The van der Waals surface area contributed by atoms with Crippen molar-refractivity contribution in [2.24, 2.45) is 0 Å². The van der Waals surface area contributed by atoms with E-state index >= 15 is 0 Å². The lowest BCUT2D eigenvalue weighted by atomic mass is 10.1. The molecule has 0 fully saturated rings. The van der Waals surface area contributed by atoms with Crippen LogP contribution in [0, 0.1) is 0 Å². The molecule has 0 N–H and O–H groups in total. The van der Waals surface area contributed by atoms with Crippen LogP contribution in [-0.4, -0.2) is 18.3 Å². The molecule has 2 nitrogen and oxygen atoms in total. The SMILES string of the molecule is CC.COc1cc(CCC(F)(F)F)nc2c(Cl)cccc12. The Bertz CT molecular complexity index is 599. The zero-order chi connectivity index (χ0) is 16.0. The Hall–Kier alpha value is -1.49. The largest absolute Gasteiger partial charge is 0.496 e. The molecule has 0 saturated heterocycles. The van der Waals surface area contributed by atoms with E-state index in [-0.39, 0.29) is 6.42 Å². The molecule has 1 aromatic heterocycles. The van der Waals surface area contributed by atoms with Crippen LogP contribution < -0.4 is 4.74 Å². The quantitative estimate of drug-likeness (QED) is 0.753. The number of ether oxygens (including phenoxy) is 1.